The molecule has 6 heterocycles. The van der Waals surface area contributed by atoms with Crippen LogP contribution >= 0.6 is 0 Å². The summed E-state index contributed by atoms with van der Waals surface area (Å²) in [6.07, 6.45) is 6.44. The minimum Gasteiger partial charge on any atom is -0.508 e. The van der Waals surface area contributed by atoms with Gasteiger partial charge in [-0.15, -0.1) is 0 Å². The number of benzene rings is 2. The van der Waals surface area contributed by atoms with E-state index in [4.69, 9.17) is 14.7 Å². The van der Waals surface area contributed by atoms with Crippen LogP contribution in [0.15, 0.2) is 30.6 Å². The summed E-state index contributed by atoms with van der Waals surface area (Å²) in [5.74, 6) is 0.776. The van der Waals surface area contributed by atoms with Gasteiger partial charge in [0.05, 0.1) is 42.0 Å². The van der Waals surface area contributed by atoms with Gasteiger partial charge in [0, 0.05) is 48.8 Å². The third-order valence-electron chi connectivity index (χ3n) is 10.4. The van der Waals surface area contributed by atoms with E-state index in [-0.39, 0.29) is 17.1 Å². The number of aromatic hydroxyl groups is 1. The summed E-state index contributed by atoms with van der Waals surface area (Å²) in [7, 11) is 0. The Labute approximate surface area is 261 Å². The van der Waals surface area contributed by atoms with Crippen molar-refractivity contribution in [2.45, 2.75) is 76.7 Å². The number of phenols is 1. The third kappa shape index (κ3) is 4.95. The molecule has 236 valence electrons. The minimum atomic E-state index is -0.835. The molecule has 2 saturated heterocycles. The summed E-state index contributed by atoms with van der Waals surface area (Å²) in [4.78, 5) is 24.6. The number of H-pyrrole nitrogens is 1. The standard InChI is InChI=1S/C34H39F2N7O2/c1-2-24-26(36)7-6-21-13-23(44)14-30(31(21)24)41-12-8-25-28(17-41)39-33(45-19-34-9-4-11-43(34)16-22(35)15-34)40-32(25)42-10-3-5-27-29(18-42)38-20-37-27/h6-7,13-14,20,22,44H,2-5,8-12,15-19H2,1H3,(H,37,38)/t22-,34+/m1/s1. The molecule has 2 aromatic heterocycles. The van der Waals surface area contributed by atoms with E-state index in [0.717, 1.165) is 83.7 Å². The van der Waals surface area contributed by atoms with Crippen LogP contribution in [0.25, 0.3) is 10.8 Å². The first-order valence-electron chi connectivity index (χ1n) is 16.3. The highest BCUT2D eigenvalue weighted by Gasteiger charge is 2.49. The van der Waals surface area contributed by atoms with Gasteiger partial charge in [-0.1, -0.05) is 13.0 Å². The topological polar surface area (TPSA) is 93.6 Å². The van der Waals surface area contributed by atoms with Gasteiger partial charge in [-0.2, -0.15) is 9.97 Å². The van der Waals surface area contributed by atoms with Gasteiger partial charge >= 0.3 is 6.01 Å². The number of imidazole rings is 1. The summed E-state index contributed by atoms with van der Waals surface area (Å²) in [6.45, 7) is 6.30. The number of halogens is 2. The Morgan fingerprint density at radius 1 is 1.07 bits per heavy atom. The van der Waals surface area contributed by atoms with E-state index >= 15 is 4.39 Å². The lowest BCUT2D eigenvalue weighted by Crippen LogP contribution is -2.43. The Morgan fingerprint density at radius 3 is 2.87 bits per heavy atom. The van der Waals surface area contributed by atoms with Gasteiger partial charge in [0.25, 0.3) is 0 Å². The maximum atomic E-state index is 15.0. The van der Waals surface area contributed by atoms with Crippen LogP contribution in [0, 0.1) is 5.82 Å². The zero-order valence-corrected chi connectivity index (χ0v) is 25.7. The molecule has 0 saturated carbocycles. The molecule has 2 N–H and O–H groups in total. The Bertz CT molecular complexity index is 1760. The molecule has 0 spiro atoms. The molecular formula is C34H39F2N7O2. The van der Waals surface area contributed by atoms with Crippen molar-refractivity contribution in [2.24, 2.45) is 0 Å². The van der Waals surface area contributed by atoms with Crippen molar-refractivity contribution in [2.75, 3.05) is 42.6 Å². The number of rotatable bonds is 6. The lowest BCUT2D eigenvalue weighted by Gasteiger charge is -2.35. The zero-order valence-electron chi connectivity index (χ0n) is 25.7. The predicted octanol–water partition coefficient (Wildman–Crippen LogP) is 5.23. The number of hydrogen-bond acceptors (Lipinski definition) is 8. The van der Waals surface area contributed by atoms with E-state index in [1.165, 1.54) is 6.07 Å². The number of aromatic amines is 1. The Hall–Kier alpha value is -3.99. The number of aromatic nitrogens is 4. The lowest BCUT2D eigenvalue weighted by molar-refractivity contribution is 0.107. The van der Waals surface area contributed by atoms with E-state index in [0.29, 0.717) is 63.6 Å². The van der Waals surface area contributed by atoms with Crippen LogP contribution in [0.2, 0.25) is 0 Å². The Balaban J connectivity index is 1.18. The zero-order chi connectivity index (χ0) is 30.7. The van der Waals surface area contributed by atoms with E-state index in [9.17, 15) is 9.50 Å². The van der Waals surface area contributed by atoms with E-state index in [1.807, 2.05) is 6.92 Å². The van der Waals surface area contributed by atoms with E-state index in [2.05, 4.69) is 24.7 Å². The fourth-order valence-corrected chi connectivity index (χ4v) is 8.23. The highest BCUT2D eigenvalue weighted by Crippen LogP contribution is 2.42. The Kier molecular flexibility index (Phi) is 7.04. The third-order valence-corrected chi connectivity index (χ3v) is 10.4. The van der Waals surface area contributed by atoms with Crippen molar-refractivity contribution in [1.82, 2.24) is 24.8 Å². The smallest absolute Gasteiger partial charge is 0.318 e. The van der Waals surface area contributed by atoms with Crippen molar-refractivity contribution in [1.29, 1.82) is 0 Å². The fraction of sp³-hybridized carbons (Fsp3) is 0.500. The largest absolute Gasteiger partial charge is 0.508 e. The molecule has 4 aliphatic heterocycles. The summed E-state index contributed by atoms with van der Waals surface area (Å²) < 4.78 is 35.9. The van der Waals surface area contributed by atoms with Crippen molar-refractivity contribution in [3.8, 4) is 11.8 Å². The normalized spacial score (nSPS) is 23.2. The summed E-state index contributed by atoms with van der Waals surface area (Å²) in [6, 6.07) is 6.95. The molecule has 4 aliphatic rings. The number of aryl methyl sites for hydroxylation is 2. The maximum absolute atomic E-state index is 15.0. The molecule has 2 aromatic carbocycles. The first kappa shape index (κ1) is 28.5. The van der Waals surface area contributed by atoms with Gasteiger partial charge in [-0.3, -0.25) is 4.90 Å². The molecule has 2 fully saturated rings. The average Bonchev–Trinajstić information content (AvgIpc) is 3.68. The molecule has 9 nitrogen and oxygen atoms in total. The van der Waals surface area contributed by atoms with Crippen molar-refractivity contribution >= 4 is 22.3 Å². The quantitative estimate of drug-likeness (QED) is 0.305. The minimum absolute atomic E-state index is 0.146. The monoisotopic (exact) mass is 615 g/mol. The number of anilines is 2. The van der Waals surface area contributed by atoms with Gasteiger partial charge in [-0.25, -0.2) is 13.8 Å². The van der Waals surface area contributed by atoms with Gasteiger partial charge in [-0.05, 0) is 68.2 Å². The second-order valence-corrected chi connectivity index (χ2v) is 13.1. The Morgan fingerprint density at radius 2 is 1.98 bits per heavy atom. The van der Waals surface area contributed by atoms with Gasteiger partial charge in [0.1, 0.15) is 30.2 Å². The van der Waals surface area contributed by atoms with Crippen LogP contribution in [-0.2, 0) is 32.4 Å². The molecule has 11 heteroatoms. The molecule has 0 radical (unpaired) electrons. The summed E-state index contributed by atoms with van der Waals surface area (Å²) in [5.41, 5.74) is 5.27. The van der Waals surface area contributed by atoms with Crippen LogP contribution in [0.4, 0.5) is 20.3 Å². The maximum Gasteiger partial charge on any atom is 0.318 e. The molecule has 0 aliphatic carbocycles. The summed E-state index contributed by atoms with van der Waals surface area (Å²) >= 11 is 0. The number of alkyl halides is 1. The number of ether oxygens (including phenoxy) is 1. The molecular weight excluding hydrogens is 576 g/mol. The SMILES string of the molecule is CCc1c(F)ccc2cc(O)cc(N3CCc4c(nc(OC[C@@]56CCCN5C[C@H](F)C6)nc4N4CCCc5nc[nH]c5C4)C3)c12. The lowest BCUT2D eigenvalue weighted by atomic mass is 9.95. The van der Waals surface area contributed by atoms with Gasteiger partial charge < -0.3 is 24.6 Å². The average molecular weight is 616 g/mol. The number of nitrogens with one attached hydrogen (secondary N) is 1. The second kappa shape index (κ2) is 11.1. The highest BCUT2D eigenvalue weighted by atomic mass is 19.1. The molecule has 4 aromatic rings. The van der Waals surface area contributed by atoms with Crippen molar-refractivity contribution < 1.29 is 18.6 Å². The van der Waals surface area contributed by atoms with Crippen LogP contribution in [0.3, 0.4) is 0 Å². The van der Waals surface area contributed by atoms with Crippen LogP contribution in [-0.4, -0.2) is 74.4 Å². The van der Waals surface area contributed by atoms with Crippen LogP contribution < -0.4 is 14.5 Å². The van der Waals surface area contributed by atoms with Crippen LogP contribution in [0.1, 0.15) is 60.8 Å². The fourth-order valence-electron chi connectivity index (χ4n) is 8.23. The van der Waals surface area contributed by atoms with E-state index in [1.54, 1.807) is 24.5 Å². The summed E-state index contributed by atoms with van der Waals surface area (Å²) in [5, 5.41) is 12.3. The van der Waals surface area contributed by atoms with Gasteiger partial charge in [0.15, 0.2) is 0 Å². The van der Waals surface area contributed by atoms with Crippen molar-refractivity contribution in [3.63, 3.8) is 0 Å². The number of nitrogens with zero attached hydrogens (tertiary/aromatic N) is 6. The molecule has 45 heavy (non-hydrogen) atoms. The number of fused-ring (bicyclic) bond motifs is 4. The first-order valence-corrected chi connectivity index (χ1v) is 16.3. The predicted molar refractivity (Wildman–Crippen MR) is 168 cm³/mol. The molecule has 0 unspecified atom stereocenters. The van der Waals surface area contributed by atoms with Crippen molar-refractivity contribution in [3.05, 3.63) is 64.6 Å². The van der Waals surface area contributed by atoms with E-state index < -0.39 is 6.17 Å². The van der Waals surface area contributed by atoms with Gasteiger partial charge in [0.2, 0.25) is 0 Å². The molecule has 2 atom stereocenters. The number of hydrogen-bond donors (Lipinski definition) is 2. The molecule has 8 rings (SSSR count). The van der Waals surface area contributed by atoms with Crippen LogP contribution in [0.5, 0.6) is 11.8 Å². The second-order valence-electron chi connectivity index (χ2n) is 13.1. The molecule has 0 bridgehead atoms. The highest BCUT2D eigenvalue weighted by molar-refractivity contribution is 5.98. The molecule has 0 amide bonds. The number of phenolic OH excluding ortho intramolecular Hbond substituents is 1. The first-order chi connectivity index (χ1) is 21.9.